The van der Waals surface area contributed by atoms with Crippen LogP contribution in [0.25, 0.3) is 0 Å². The van der Waals surface area contributed by atoms with Crippen LogP contribution >= 0.6 is 0 Å². The molecule has 0 aliphatic rings. The standard InChI is InChI=1S/Mg.H2O.2O.Zr/h;1H2;;;/q+2;;2*-2;+4/p-1. The molecule has 0 aromatic rings. The molecule has 0 atom stereocenters. The third kappa shape index (κ3) is 29.4. The van der Waals surface area contributed by atoms with Gasteiger partial charge in [0.25, 0.3) is 0 Å². The molecule has 0 radical (unpaired) electrons. The summed E-state index contributed by atoms with van der Waals surface area (Å²) in [5, 5.41) is 0. The van der Waals surface area contributed by atoms with Gasteiger partial charge in [0.05, 0.1) is 0 Å². The molecule has 0 aromatic heterocycles. The molecular weight excluding hydrogens is 164 g/mol. The monoisotopic (exact) mass is 163 g/mol. The predicted octanol–water partition coefficient (Wildman–Crippen LogP) is -0.798. The third-order valence-corrected chi connectivity index (χ3v) is 0. The molecule has 0 saturated carbocycles. The van der Waals surface area contributed by atoms with E-state index in [1.807, 2.05) is 0 Å². The number of rotatable bonds is 0. The van der Waals surface area contributed by atoms with Crippen LogP contribution < -0.4 is 0 Å². The Morgan fingerprint density at radius 3 is 0.800 bits per heavy atom. The maximum Gasteiger partial charge on any atom is 4.00 e. The zero-order valence-corrected chi connectivity index (χ0v) is 6.34. The summed E-state index contributed by atoms with van der Waals surface area (Å²) in [6.45, 7) is 0. The second-order valence-electron chi connectivity index (χ2n) is 0. The van der Waals surface area contributed by atoms with Crippen LogP contribution in [0, 0.1) is 0 Å². The molecule has 0 aromatic carbocycles. The Hall–Kier alpha value is 1.53. The van der Waals surface area contributed by atoms with E-state index in [0.29, 0.717) is 0 Å². The van der Waals surface area contributed by atoms with Gasteiger partial charge in [0.1, 0.15) is 0 Å². The first-order valence-electron chi connectivity index (χ1n) is 0. The minimum Gasteiger partial charge on any atom is -2.00 e. The van der Waals surface area contributed by atoms with Gasteiger partial charge in [-0.2, -0.15) is 0 Å². The van der Waals surface area contributed by atoms with Gasteiger partial charge in [-0.3, -0.25) is 0 Å². The fourth-order valence-electron chi connectivity index (χ4n) is 0. The van der Waals surface area contributed by atoms with Crippen molar-refractivity contribution in [2.24, 2.45) is 0 Å². The minimum absolute atomic E-state index is 0. The van der Waals surface area contributed by atoms with Crippen LogP contribution in [0.3, 0.4) is 0 Å². The average Bonchev–Trinajstić information content (AvgIpc) is 0. The molecule has 0 heterocycles. The fourth-order valence-corrected chi connectivity index (χ4v) is 0. The maximum atomic E-state index is 0. The quantitative estimate of drug-likeness (QED) is 0.431. The molecule has 0 amide bonds. The Morgan fingerprint density at radius 2 is 0.800 bits per heavy atom. The molecule has 24 valence electrons. The van der Waals surface area contributed by atoms with Crippen molar-refractivity contribution in [2.75, 3.05) is 0 Å². The van der Waals surface area contributed by atoms with E-state index in [1.165, 1.54) is 0 Å². The maximum absolute atomic E-state index is 0. The van der Waals surface area contributed by atoms with Crippen LogP contribution in [-0.4, -0.2) is 28.5 Å². The van der Waals surface area contributed by atoms with Gasteiger partial charge in [-0.25, -0.2) is 0 Å². The van der Waals surface area contributed by atoms with Crippen LogP contribution in [0.15, 0.2) is 0 Å². The molecular formula is HMgO3Zr+. The van der Waals surface area contributed by atoms with Gasteiger partial charge < -0.3 is 16.4 Å². The predicted molar refractivity (Wildman–Crippen MR) is 9.06 cm³/mol. The molecule has 0 saturated heterocycles. The van der Waals surface area contributed by atoms with Crippen molar-refractivity contribution < 1.29 is 42.6 Å². The van der Waals surface area contributed by atoms with E-state index in [1.54, 1.807) is 0 Å². The first kappa shape index (κ1) is 85.4. The van der Waals surface area contributed by atoms with Crippen LogP contribution in [0.1, 0.15) is 0 Å². The summed E-state index contributed by atoms with van der Waals surface area (Å²) >= 11 is 0. The molecule has 5 heteroatoms. The molecule has 0 unspecified atom stereocenters. The molecule has 0 aliphatic carbocycles. The largest absolute Gasteiger partial charge is 4.00 e. The second-order valence-corrected chi connectivity index (χ2v) is 0. The smallest absolute Gasteiger partial charge is 2.00 e. The first-order valence-corrected chi connectivity index (χ1v) is 0. The Morgan fingerprint density at radius 1 is 0.800 bits per heavy atom. The Bertz CT molecular complexity index is 6.85. The van der Waals surface area contributed by atoms with E-state index < -0.39 is 0 Å². The van der Waals surface area contributed by atoms with Crippen molar-refractivity contribution in [2.45, 2.75) is 0 Å². The third-order valence-electron chi connectivity index (χ3n) is 0. The zero-order chi connectivity index (χ0) is 0. The fraction of sp³-hybridized carbons (Fsp3) is 0. The summed E-state index contributed by atoms with van der Waals surface area (Å²) in [4.78, 5) is 0. The molecule has 1 N–H and O–H groups in total. The van der Waals surface area contributed by atoms with Crippen LogP contribution in [0.5, 0.6) is 0 Å². The zero-order valence-electron chi connectivity index (χ0n) is 2.47. The van der Waals surface area contributed by atoms with Gasteiger partial charge in [0, 0.05) is 0 Å². The Kier molecular flexibility index (Phi) is 828. The van der Waals surface area contributed by atoms with Crippen molar-refractivity contribution >= 4 is 23.1 Å². The van der Waals surface area contributed by atoms with Gasteiger partial charge in [0.2, 0.25) is 0 Å². The topological polar surface area (TPSA) is 87.0 Å². The molecule has 5 heavy (non-hydrogen) atoms. The number of hydrogen-bond acceptors (Lipinski definition) is 1. The summed E-state index contributed by atoms with van der Waals surface area (Å²) in [7, 11) is 0. The van der Waals surface area contributed by atoms with Crippen molar-refractivity contribution in [1.29, 1.82) is 0 Å². The normalized spacial score (nSPS) is 0. The summed E-state index contributed by atoms with van der Waals surface area (Å²) in [5.74, 6) is 0. The Labute approximate surface area is 65.3 Å². The summed E-state index contributed by atoms with van der Waals surface area (Å²) in [6.07, 6.45) is 0. The van der Waals surface area contributed by atoms with E-state index in [-0.39, 0.29) is 65.7 Å². The molecule has 0 bridgehead atoms. The van der Waals surface area contributed by atoms with E-state index in [9.17, 15) is 0 Å². The van der Waals surface area contributed by atoms with E-state index in [0.717, 1.165) is 0 Å². The van der Waals surface area contributed by atoms with Crippen LogP contribution in [0.4, 0.5) is 0 Å². The molecule has 0 fully saturated rings. The summed E-state index contributed by atoms with van der Waals surface area (Å²) in [5.41, 5.74) is 0. The van der Waals surface area contributed by atoms with E-state index >= 15 is 0 Å². The summed E-state index contributed by atoms with van der Waals surface area (Å²) < 4.78 is 0. The van der Waals surface area contributed by atoms with Crippen molar-refractivity contribution in [3.05, 3.63) is 0 Å². The molecule has 0 spiro atoms. The van der Waals surface area contributed by atoms with Gasteiger partial charge in [-0.1, -0.05) is 0 Å². The first-order chi connectivity index (χ1) is 0. The van der Waals surface area contributed by atoms with Gasteiger partial charge in [-0.15, -0.1) is 0 Å². The minimum atomic E-state index is 0. The van der Waals surface area contributed by atoms with Crippen LogP contribution in [0.2, 0.25) is 0 Å². The average molecular weight is 165 g/mol. The summed E-state index contributed by atoms with van der Waals surface area (Å²) in [6, 6.07) is 0. The van der Waals surface area contributed by atoms with E-state index in [4.69, 9.17) is 0 Å². The number of hydrogen-bond donors (Lipinski definition) is 0. The van der Waals surface area contributed by atoms with Gasteiger partial charge in [0.15, 0.2) is 0 Å². The van der Waals surface area contributed by atoms with Crippen LogP contribution in [-0.2, 0) is 37.2 Å². The molecule has 0 aliphatic heterocycles. The molecule has 0 rings (SSSR count). The van der Waals surface area contributed by atoms with Crippen molar-refractivity contribution in [1.82, 2.24) is 0 Å². The van der Waals surface area contributed by atoms with Gasteiger partial charge in [-0.05, 0) is 0 Å². The SMILES string of the molecule is [Mg+2].[O-2].[O-2].[OH-].[Zr+4]. The Balaban J connectivity index is 0. The second kappa shape index (κ2) is 48.5. The molecule has 3 nitrogen and oxygen atoms in total. The van der Waals surface area contributed by atoms with Crippen molar-refractivity contribution in [3.8, 4) is 0 Å². The van der Waals surface area contributed by atoms with Crippen molar-refractivity contribution in [3.63, 3.8) is 0 Å². The van der Waals surface area contributed by atoms with E-state index in [2.05, 4.69) is 0 Å². The van der Waals surface area contributed by atoms with Gasteiger partial charge >= 0.3 is 49.3 Å².